The van der Waals surface area contributed by atoms with Gasteiger partial charge in [-0.3, -0.25) is 4.79 Å². The Bertz CT molecular complexity index is 1680. The summed E-state index contributed by atoms with van der Waals surface area (Å²) >= 11 is 2.53. The van der Waals surface area contributed by atoms with Gasteiger partial charge >= 0.3 is 0 Å². The minimum Gasteiger partial charge on any atom is -0.510 e. The lowest BCUT2D eigenvalue weighted by Gasteiger charge is -2.17. The van der Waals surface area contributed by atoms with E-state index in [-0.39, 0.29) is 16.9 Å². The minimum absolute atomic E-state index is 0.106. The van der Waals surface area contributed by atoms with Crippen LogP contribution < -0.4 is 5.56 Å². The maximum Gasteiger partial charge on any atom is 0.267 e. The van der Waals surface area contributed by atoms with Crippen molar-refractivity contribution in [1.82, 2.24) is 19.5 Å². The fraction of sp³-hybridized carbons (Fsp3) is 0.115. The summed E-state index contributed by atoms with van der Waals surface area (Å²) in [6, 6.07) is 20.5. The topological polar surface area (TPSA) is 105 Å². The van der Waals surface area contributed by atoms with Crippen molar-refractivity contribution in [3.8, 4) is 11.9 Å². The highest BCUT2D eigenvalue weighted by Gasteiger charge is 2.23. The maximum absolute atomic E-state index is 13.5. The first kappa shape index (κ1) is 22.8. The van der Waals surface area contributed by atoms with Crippen molar-refractivity contribution in [1.29, 1.82) is 5.26 Å². The summed E-state index contributed by atoms with van der Waals surface area (Å²) in [4.78, 5) is 27.2. The van der Waals surface area contributed by atoms with Crippen molar-refractivity contribution in [3.05, 3.63) is 93.5 Å². The molecule has 35 heavy (non-hydrogen) atoms. The van der Waals surface area contributed by atoms with Gasteiger partial charge in [-0.1, -0.05) is 42.1 Å². The molecule has 9 heteroatoms. The molecule has 0 radical (unpaired) electrons. The van der Waals surface area contributed by atoms with Crippen LogP contribution in [0.4, 0.5) is 0 Å². The molecule has 0 aliphatic heterocycles. The third kappa shape index (κ3) is 4.18. The van der Waals surface area contributed by atoms with Gasteiger partial charge in [0.25, 0.3) is 5.56 Å². The Labute approximate surface area is 209 Å². The average molecular weight is 498 g/mol. The Morgan fingerprint density at radius 2 is 1.83 bits per heavy atom. The summed E-state index contributed by atoms with van der Waals surface area (Å²) in [7, 11) is 0. The van der Waals surface area contributed by atoms with Crippen molar-refractivity contribution in [2.75, 3.05) is 0 Å². The van der Waals surface area contributed by atoms with Crippen LogP contribution in [0.2, 0.25) is 0 Å². The Morgan fingerprint density at radius 3 is 2.57 bits per heavy atom. The molecule has 0 amide bonds. The van der Waals surface area contributed by atoms with Crippen molar-refractivity contribution >= 4 is 49.8 Å². The summed E-state index contributed by atoms with van der Waals surface area (Å²) < 4.78 is 2.40. The van der Waals surface area contributed by atoms with Crippen LogP contribution in [0, 0.1) is 18.3 Å². The molecule has 1 unspecified atom stereocenters. The predicted molar refractivity (Wildman–Crippen MR) is 140 cm³/mol. The number of nitrogens with zero attached hydrogens (tertiary/aromatic N) is 5. The van der Waals surface area contributed by atoms with E-state index < -0.39 is 5.25 Å². The zero-order valence-electron chi connectivity index (χ0n) is 18.8. The molecule has 0 spiro atoms. The second-order valence-electron chi connectivity index (χ2n) is 7.81. The predicted octanol–water partition coefficient (Wildman–Crippen LogP) is 5.67. The van der Waals surface area contributed by atoms with Crippen LogP contribution in [0.15, 0.2) is 82.6 Å². The van der Waals surface area contributed by atoms with Crippen LogP contribution in [0.5, 0.6) is 0 Å². The molecule has 7 nitrogen and oxygen atoms in total. The van der Waals surface area contributed by atoms with E-state index in [0.717, 1.165) is 15.8 Å². The van der Waals surface area contributed by atoms with Crippen LogP contribution in [0.1, 0.15) is 17.5 Å². The van der Waals surface area contributed by atoms with Gasteiger partial charge in [0, 0.05) is 6.20 Å². The SMILES string of the molecule is Cc1cccnc1-n1c(SC(C)/C(O)=C(\C#N)c2nc3ccccc3s2)nc2ccccc2c1=O. The molecular formula is C26H19N5O2S2. The fourth-order valence-electron chi connectivity index (χ4n) is 3.70. The molecule has 172 valence electrons. The van der Waals surface area contributed by atoms with Gasteiger partial charge in [-0.05, 0) is 49.7 Å². The number of thioether (sulfide) groups is 1. The highest BCUT2D eigenvalue weighted by atomic mass is 32.2. The van der Waals surface area contributed by atoms with Crippen LogP contribution in [-0.2, 0) is 0 Å². The van der Waals surface area contributed by atoms with E-state index >= 15 is 0 Å². The van der Waals surface area contributed by atoms with Crippen LogP contribution >= 0.6 is 23.1 Å². The van der Waals surface area contributed by atoms with E-state index in [1.807, 2.05) is 43.3 Å². The van der Waals surface area contributed by atoms with E-state index in [1.165, 1.54) is 27.7 Å². The Kier molecular flexibility index (Phi) is 6.07. The summed E-state index contributed by atoms with van der Waals surface area (Å²) in [6.45, 7) is 3.64. The summed E-state index contributed by atoms with van der Waals surface area (Å²) in [5.41, 5.74) is 1.99. The summed E-state index contributed by atoms with van der Waals surface area (Å²) in [6.07, 6.45) is 1.63. The van der Waals surface area contributed by atoms with Crippen molar-refractivity contribution in [2.45, 2.75) is 24.3 Å². The average Bonchev–Trinajstić information content (AvgIpc) is 3.29. The number of hydrogen-bond acceptors (Lipinski definition) is 8. The quantitative estimate of drug-likeness (QED) is 0.144. The molecule has 0 saturated heterocycles. The second kappa shape index (κ2) is 9.33. The number of para-hydroxylation sites is 2. The first-order valence-corrected chi connectivity index (χ1v) is 12.5. The number of aromatic nitrogens is 4. The standard InChI is InChI=1S/C26H19N5O2S2/c1-15-8-7-13-28-23(15)31-25(33)17-9-3-4-10-19(17)30-26(31)34-16(2)22(32)18(14-27)24-29-20-11-5-6-12-21(20)35-24/h3-13,16,32H,1-2H3/b22-18-. The van der Waals surface area contributed by atoms with Gasteiger partial charge in [-0.25, -0.2) is 19.5 Å². The zero-order valence-corrected chi connectivity index (χ0v) is 20.5. The number of aryl methyl sites for hydroxylation is 1. The third-order valence-electron chi connectivity index (χ3n) is 5.48. The molecule has 0 bridgehead atoms. The number of fused-ring (bicyclic) bond motifs is 2. The lowest BCUT2D eigenvalue weighted by atomic mass is 10.2. The lowest BCUT2D eigenvalue weighted by molar-refractivity contribution is 0.402. The van der Waals surface area contributed by atoms with Crippen LogP contribution in [0.25, 0.3) is 32.5 Å². The molecule has 1 atom stereocenters. The van der Waals surface area contributed by atoms with E-state index in [0.29, 0.717) is 26.9 Å². The van der Waals surface area contributed by atoms with Gasteiger partial charge in [0.2, 0.25) is 0 Å². The molecule has 0 aliphatic carbocycles. The number of benzene rings is 2. The Balaban J connectivity index is 1.63. The molecule has 3 heterocycles. The normalized spacial score (nSPS) is 12.9. The fourth-order valence-corrected chi connectivity index (χ4v) is 5.64. The number of nitriles is 1. The molecule has 0 fully saturated rings. The van der Waals surface area contributed by atoms with E-state index in [1.54, 1.807) is 37.4 Å². The molecule has 2 aromatic carbocycles. The zero-order chi connectivity index (χ0) is 24.5. The largest absolute Gasteiger partial charge is 0.510 e. The van der Waals surface area contributed by atoms with Crippen LogP contribution in [0.3, 0.4) is 0 Å². The monoisotopic (exact) mass is 497 g/mol. The van der Waals surface area contributed by atoms with E-state index in [9.17, 15) is 15.2 Å². The van der Waals surface area contributed by atoms with E-state index in [2.05, 4.69) is 16.0 Å². The maximum atomic E-state index is 13.5. The van der Waals surface area contributed by atoms with E-state index in [4.69, 9.17) is 4.98 Å². The molecular weight excluding hydrogens is 478 g/mol. The second-order valence-corrected chi connectivity index (χ2v) is 10.2. The van der Waals surface area contributed by atoms with Gasteiger partial charge in [0.05, 0.1) is 26.4 Å². The smallest absolute Gasteiger partial charge is 0.267 e. The number of allylic oxidation sites excluding steroid dienone is 1. The van der Waals surface area contributed by atoms with Crippen molar-refractivity contribution in [2.24, 2.45) is 0 Å². The number of hydrogen-bond donors (Lipinski definition) is 1. The Hall–Kier alpha value is -4.00. The lowest BCUT2D eigenvalue weighted by Crippen LogP contribution is -2.24. The number of pyridine rings is 1. The number of rotatable bonds is 5. The van der Waals surface area contributed by atoms with Gasteiger partial charge in [0.15, 0.2) is 5.16 Å². The Morgan fingerprint density at radius 1 is 1.09 bits per heavy atom. The number of aliphatic hydroxyl groups is 1. The summed E-state index contributed by atoms with van der Waals surface area (Å²) in [5.74, 6) is 0.351. The first-order chi connectivity index (χ1) is 17.0. The number of aliphatic hydroxyl groups excluding tert-OH is 1. The third-order valence-corrected chi connectivity index (χ3v) is 7.60. The van der Waals surface area contributed by atoms with Crippen molar-refractivity contribution in [3.63, 3.8) is 0 Å². The molecule has 0 aliphatic rings. The van der Waals surface area contributed by atoms with Gasteiger partial charge in [-0.15, -0.1) is 11.3 Å². The molecule has 5 rings (SSSR count). The molecule has 0 saturated carbocycles. The number of thiazole rings is 1. The first-order valence-electron chi connectivity index (χ1n) is 10.8. The van der Waals surface area contributed by atoms with Crippen LogP contribution in [-0.4, -0.2) is 29.9 Å². The van der Waals surface area contributed by atoms with Gasteiger partial charge < -0.3 is 5.11 Å². The van der Waals surface area contributed by atoms with Crippen molar-refractivity contribution < 1.29 is 5.11 Å². The minimum atomic E-state index is -0.583. The van der Waals surface area contributed by atoms with Gasteiger partial charge in [-0.2, -0.15) is 5.26 Å². The summed E-state index contributed by atoms with van der Waals surface area (Å²) in [5, 5.41) is 21.7. The van der Waals surface area contributed by atoms with Gasteiger partial charge in [0.1, 0.15) is 28.2 Å². The molecule has 5 aromatic rings. The molecule has 3 aromatic heterocycles. The molecule has 1 N–H and O–H groups in total. The highest BCUT2D eigenvalue weighted by Crippen LogP contribution is 2.34. The highest BCUT2D eigenvalue weighted by molar-refractivity contribution is 8.00.